The molecule has 0 radical (unpaired) electrons. The number of furan rings is 1. The summed E-state index contributed by atoms with van der Waals surface area (Å²) in [4.78, 5) is 13.1. The molecule has 2 N–H and O–H groups in total. The zero-order chi connectivity index (χ0) is 28.0. The van der Waals surface area contributed by atoms with E-state index in [9.17, 15) is 17.6 Å². The van der Waals surface area contributed by atoms with Crippen LogP contribution in [0.3, 0.4) is 0 Å². The van der Waals surface area contributed by atoms with Gasteiger partial charge in [-0.1, -0.05) is 0 Å². The number of ether oxygens (including phenoxy) is 2. The van der Waals surface area contributed by atoms with E-state index in [-0.39, 0.29) is 23.6 Å². The van der Waals surface area contributed by atoms with Gasteiger partial charge in [0.1, 0.15) is 34.0 Å². The third-order valence-corrected chi connectivity index (χ3v) is 8.77. The Morgan fingerprint density at radius 3 is 2.23 bits per heavy atom. The predicted octanol–water partition coefficient (Wildman–Crippen LogP) is 5.70. The molecule has 10 heteroatoms. The van der Waals surface area contributed by atoms with Gasteiger partial charge in [0.05, 0.1) is 18.8 Å². The molecule has 3 aromatic carbocycles. The minimum Gasteiger partial charge on any atom is -0.457 e. The van der Waals surface area contributed by atoms with Crippen LogP contribution in [0.1, 0.15) is 34.7 Å². The highest BCUT2D eigenvalue weighted by atomic mass is 32.2. The second-order valence-corrected chi connectivity index (χ2v) is 12.5. The van der Waals surface area contributed by atoms with Gasteiger partial charge in [-0.2, -0.15) is 0 Å². The van der Waals surface area contributed by atoms with Crippen molar-refractivity contribution in [3.63, 3.8) is 0 Å². The summed E-state index contributed by atoms with van der Waals surface area (Å²) in [6.45, 7) is 0.774. The lowest BCUT2D eigenvalue weighted by Gasteiger charge is -2.34. The molecule has 4 aromatic rings. The zero-order valence-electron chi connectivity index (χ0n) is 22.1. The van der Waals surface area contributed by atoms with Crippen LogP contribution in [-0.4, -0.2) is 46.2 Å². The first-order valence-corrected chi connectivity index (χ1v) is 15.1. The lowest BCUT2D eigenvalue weighted by atomic mass is 10.00. The fourth-order valence-electron chi connectivity index (χ4n) is 5.04. The minimum atomic E-state index is -3.41. The fraction of sp³-hybridized carbons (Fsp3) is 0.300. The molecule has 0 spiro atoms. The summed E-state index contributed by atoms with van der Waals surface area (Å²) in [6, 6.07) is 16.6. The molecular formula is C30H29FN2O6S. The van der Waals surface area contributed by atoms with Crippen LogP contribution >= 0.6 is 0 Å². The van der Waals surface area contributed by atoms with Crippen molar-refractivity contribution in [2.75, 3.05) is 31.8 Å². The smallest absolute Gasteiger partial charge is 0.255 e. The number of rotatable bonds is 9. The van der Waals surface area contributed by atoms with Gasteiger partial charge in [0.25, 0.3) is 5.91 Å². The molecule has 0 bridgehead atoms. The molecule has 1 atom stereocenters. The maximum atomic E-state index is 13.2. The van der Waals surface area contributed by atoms with Crippen molar-refractivity contribution in [3.05, 3.63) is 77.6 Å². The van der Waals surface area contributed by atoms with Gasteiger partial charge in [-0.15, -0.1) is 0 Å². The van der Waals surface area contributed by atoms with Crippen LogP contribution in [0.4, 0.5) is 10.1 Å². The molecule has 2 heterocycles. The molecule has 1 aromatic heterocycles. The molecule has 208 valence electrons. The van der Waals surface area contributed by atoms with Crippen LogP contribution in [0.2, 0.25) is 0 Å². The number of sulfone groups is 1. The average molecular weight is 565 g/mol. The first-order valence-electron chi connectivity index (χ1n) is 13.1. The summed E-state index contributed by atoms with van der Waals surface area (Å²) in [5, 5.41) is 5.88. The van der Waals surface area contributed by atoms with Crippen molar-refractivity contribution < 1.29 is 31.5 Å². The number of fused-ring (bicyclic) bond motifs is 1. The maximum Gasteiger partial charge on any atom is 0.255 e. The van der Waals surface area contributed by atoms with Crippen LogP contribution in [-0.2, 0) is 14.6 Å². The maximum absolute atomic E-state index is 13.2. The third-order valence-electron chi connectivity index (χ3n) is 7.35. The van der Waals surface area contributed by atoms with E-state index in [4.69, 9.17) is 13.9 Å². The zero-order valence-corrected chi connectivity index (χ0v) is 22.9. The average Bonchev–Trinajstić information content (AvgIpc) is 3.68. The van der Waals surface area contributed by atoms with Gasteiger partial charge in [0.2, 0.25) is 0 Å². The Morgan fingerprint density at radius 1 is 1.02 bits per heavy atom. The van der Waals surface area contributed by atoms with Crippen molar-refractivity contribution in [2.45, 2.75) is 24.1 Å². The lowest BCUT2D eigenvalue weighted by molar-refractivity contribution is -0.0303. The molecule has 2 aliphatic rings. The van der Waals surface area contributed by atoms with Gasteiger partial charge in [-0.25, -0.2) is 12.8 Å². The van der Waals surface area contributed by atoms with Gasteiger partial charge in [-0.05, 0) is 78.9 Å². The largest absolute Gasteiger partial charge is 0.457 e. The Balaban J connectivity index is 1.39. The van der Waals surface area contributed by atoms with E-state index in [0.717, 1.165) is 18.4 Å². The highest BCUT2D eigenvalue weighted by Crippen LogP contribution is 2.47. The first kappa shape index (κ1) is 26.3. The molecule has 1 saturated heterocycles. The Labute approximate surface area is 231 Å². The number of carbonyl (C=O) groups is 1. The molecule has 1 aliphatic heterocycles. The van der Waals surface area contributed by atoms with Gasteiger partial charge in [0.15, 0.2) is 9.84 Å². The summed E-state index contributed by atoms with van der Waals surface area (Å²) >= 11 is 0. The van der Waals surface area contributed by atoms with Crippen LogP contribution < -0.4 is 15.4 Å². The molecule has 40 heavy (non-hydrogen) atoms. The monoisotopic (exact) mass is 564 g/mol. The molecule has 1 unspecified atom stereocenters. The normalized spacial score (nSPS) is 16.4. The van der Waals surface area contributed by atoms with Crippen LogP contribution in [0.5, 0.6) is 11.5 Å². The van der Waals surface area contributed by atoms with Crippen LogP contribution in [0.25, 0.3) is 22.3 Å². The Hall–Kier alpha value is -3.89. The number of amides is 1. The molecule has 1 amide bonds. The van der Waals surface area contributed by atoms with E-state index >= 15 is 0 Å². The quantitative estimate of drug-likeness (QED) is 0.269. The van der Waals surface area contributed by atoms with Crippen molar-refractivity contribution >= 4 is 32.4 Å². The lowest BCUT2D eigenvalue weighted by Crippen LogP contribution is -2.46. The topological polar surface area (TPSA) is 107 Å². The molecule has 2 fully saturated rings. The second-order valence-electron chi connectivity index (χ2n) is 10.4. The van der Waals surface area contributed by atoms with Crippen molar-refractivity contribution in [3.8, 4) is 22.8 Å². The van der Waals surface area contributed by atoms with Crippen molar-refractivity contribution in [1.82, 2.24) is 5.32 Å². The van der Waals surface area contributed by atoms with Gasteiger partial charge in [-0.3, -0.25) is 4.79 Å². The molecule has 6 rings (SSSR count). The van der Waals surface area contributed by atoms with E-state index in [2.05, 4.69) is 10.6 Å². The Bertz CT molecular complexity index is 1670. The predicted molar refractivity (Wildman–Crippen MR) is 150 cm³/mol. The Kier molecular flexibility index (Phi) is 6.75. The van der Waals surface area contributed by atoms with E-state index < -0.39 is 15.2 Å². The van der Waals surface area contributed by atoms with Crippen LogP contribution in [0.15, 0.2) is 65.1 Å². The summed E-state index contributed by atoms with van der Waals surface area (Å²) in [7, 11) is -1.84. The second kappa shape index (κ2) is 10.3. The van der Waals surface area contributed by atoms with E-state index in [1.807, 2.05) is 12.1 Å². The highest BCUT2D eigenvalue weighted by Gasteiger charge is 2.37. The highest BCUT2D eigenvalue weighted by molar-refractivity contribution is 7.91. The Morgan fingerprint density at radius 2 is 1.68 bits per heavy atom. The summed E-state index contributed by atoms with van der Waals surface area (Å²) in [6.07, 6.45) is 3.22. The summed E-state index contributed by atoms with van der Waals surface area (Å²) < 4.78 is 55.9. The SMILES string of the molecule is CNC(=O)c1c(-c2ccc(Oc3ccc(F)cc3)cc2)oc2cc(NC(C3COC3)S(C)(=O)=O)c(C3CC3)cc12. The third kappa shape index (κ3) is 5.16. The minimum absolute atomic E-state index is 0.137. The number of anilines is 1. The standard InChI is InChI=1S/C30H29FN2O6S/c1-32-29(34)27-24-13-23(17-3-4-17)25(33-30(40(2,35)36)19-15-37-16-19)14-26(24)39-28(27)18-5-9-21(10-6-18)38-22-11-7-20(31)8-12-22/h5-14,17,19,30,33H,3-4,15-16H2,1-2H3,(H,32,34). The summed E-state index contributed by atoms with van der Waals surface area (Å²) in [5.74, 6) is 0.948. The van der Waals surface area contributed by atoms with E-state index in [1.165, 1.54) is 18.4 Å². The van der Waals surface area contributed by atoms with E-state index in [0.29, 0.717) is 58.3 Å². The van der Waals surface area contributed by atoms with Crippen LogP contribution in [0, 0.1) is 11.7 Å². The number of hydrogen-bond donors (Lipinski definition) is 2. The number of carbonyl (C=O) groups excluding carboxylic acids is 1. The van der Waals surface area contributed by atoms with Gasteiger partial charge in [0, 0.05) is 41.9 Å². The number of hydrogen-bond acceptors (Lipinski definition) is 7. The number of halogens is 1. The van der Waals surface area contributed by atoms with Gasteiger partial charge >= 0.3 is 0 Å². The van der Waals surface area contributed by atoms with E-state index in [1.54, 1.807) is 43.4 Å². The first-order chi connectivity index (χ1) is 19.2. The molecular weight excluding hydrogens is 535 g/mol. The number of nitrogens with one attached hydrogen (secondary N) is 2. The fourth-order valence-corrected chi connectivity index (χ4v) is 6.24. The summed E-state index contributed by atoms with van der Waals surface area (Å²) in [5.41, 5.74) is 3.23. The van der Waals surface area contributed by atoms with Crippen molar-refractivity contribution in [2.24, 2.45) is 5.92 Å². The molecule has 1 aliphatic carbocycles. The van der Waals surface area contributed by atoms with Crippen molar-refractivity contribution in [1.29, 1.82) is 0 Å². The van der Waals surface area contributed by atoms with Gasteiger partial charge < -0.3 is 24.5 Å². The molecule has 8 nitrogen and oxygen atoms in total. The number of benzene rings is 3. The molecule has 1 saturated carbocycles.